The van der Waals surface area contributed by atoms with Gasteiger partial charge in [-0.1, -0.05) is 39.0 Å². The second-order valence-corrected chi connectivity index (χ2v) is 11.7. The van der Waals surface area contributed by atoms with Crippen molar-refractivity contribution in [3.63, 3.8) is 0 Å². The molecule has 0 atom stereocenters. The summed E-state index contributed by atoms with van der Waals surface area (Å²) < 4.78 is 39.8. The third-order valence-corrected chi connectivity index (χ3v) is 9.07. The first-order chi connectivity index (χ1) is 16.9. The van der Waals surface area contributed by atoms with E-state index in [2.05, 4.69) is 0 Å². The van der Waals surface area contributed by atoms with Crippen molar-refractivity contribution in [3.8, 4) is 21.9 Å². The van der Waals surface area contributed by atoms with Crippen molar-refractivity contribution in [1.82, 2.24) is 0 Å². The van der Waals surface area contributed by atoms with Gasteiger partial charge in [0.15, 0.2) is 0 Å². The van der Waals surface area contributed by atoms with Crippen molar-refractivity contribution in [2.45, 2.75) is 26.7 Å². The fraction of sp³-hybridized carbons (Fsp3) is 0.333. The first-order valence-electron chi connectivity index (χ1n) is 11.1. The highest BCUT2D eigenvalue weighted by molar-refractivity contribution is 7.80. The fourth-order valence-electron chi connectivity index (χ4n) is 2.94. The normalized spacial score (nSPS) is 11.4. The summed E-state index contributed by atoms with van der Waals surface area (Å²) in [6.07, 6.45) is 1.28. The molecular formula is C24H27O7PS3. The van der Waals surface area contributed by atoms with E-state index in [0.717, 1.165) is 14.3 Å². The number of ether oxygens (including phenoxy) is 2. The summed E-state index contributed by atoms with van der Waals surface area (Å²) in [6, 6.07) is 16.1. The van der Waals surface area contributed by atoms with Crippen LogP contribution in [0.3, 0.4) is 0 Å². The van der Waals surface area contributed by atoms with E-state index >= 15 is 0 Å². The SMILES string of the molecule is CCOP(=O)(OCC)OCCCCOc1cccc(C(=O)Oc2ccc(-c3cc(=S)ss3)cc2)c1. The highest BCUT2D eigenvalue weighted by Crippen LogP contribution is 2.49. The second-order valence-electron chi connectivity index (χ2n) is 7.11. The van der Waals surface area contributed by atoms with Gasteiger partial charge in [-0.2, -0.15) is 0 Å². The first kappa shape index (κ1) is 27.7. The van der Waals surface area contributed by atoms with E-state index in [4.69, 9.17) is 35.3 Å². The zero-order valence-electron chi connectivity index (χ0n) is 19.5. The molecule has 0 unspecified atom stereocenters. The molecule has 0 aliphatic heterocycles. The third-order valence-electron chi connectivity index (χ3n) is 4.51. The highest BCUT2D eigenvalue weighted by Gasteiger charge is 2.24. The maximum absolute atomic E-state index is 12.6. The molecule has 0 spiro atoms. The lowest BCUT2D eigenvalue weighted by molar-refractivity contribution is 0.0734. The second kappa shape index (κ2) is 14.0. The number of hydrogen-bond donors (Lipinski definition) is 0. The molecule has 3 aromatic rings. The molecule has 11 heteroatoms. The summed E-state index contributed by atoms with van der Waals surface area (Å²) in [6.45, 7) is 4.59. The monoisotopic (exact) mass is 554 g/mol. The summed E-state index contributed by atoms with van der Waals surface area (Å²) in [5.74, 6) is 0.550. The van der Waals surface area contributed by atoms with Crippen LogP contribution in [-0.4, -0.2) is 32.4 Å². The number of phosphoric acid groups is 1. The quantitative estimate of drug-likeness (QED) is 0.0499. The molecule has 1 heterocycles. The molecule has 0 fully saturated rings. The summed E-state index contributed by atoms with van der Waals surface area (Å²) in [7, 11) is -0.307. The van der Waals surface area contributed by atoms with Gasteiger partial charge in [0.05, 0.1) is 32.0 Å². The van der Waals surface area contributed by atoms with Gasteiger partial charge in [-0.05, 0) is 80.8 Å². The fourth-order valence-corrected chi connectivity index (χ4v) is 6.55. The topological polar surface area (TPSA) is 80.3 Å². The van der Waals surface area contributed by atoms with E-state index in [1.54, 1.807) is 70.9 Å². The van der Waals surface area contributed by atoms with Gasteiger partial charge >= 0.3 is 13.8 Å². The average molecular weight is 555 g/mol. The molecule has 0 aliphatic carbocycles. The Morgan fingerprint density at radius 1 is 0.886 bits per heavy atom. The Hall–Kier alpha value is -1.91. The summed E-state index contributed by atoms with van der Waals surface area (Å²) in [4.78, 5) is 13.7. The Morgan fingerprint density at radius 2 is 1.60 bits per heavy atom. The maximum atomic E-state index is 12.6. The van der Waals surface area contributed by atoms with Crippen molar-refractivity contribution in [2.24, 2.45) is 0 Å². The van der Waals surface area contributed by atoms with Gasteiger partial charge in [-0.3, -0.25) is 13.6 Å². The zero-order chi connectivity index (χ0) is 25.1. The van der Waals surface area contributed by atoms with Gasteiger partial charge in [-0.25, -0.2) is 9.36 Å². The van der Waals surface area contributed by atoms with Crippen LogP contribution in [0.4, 0.5) is 0 Å². The predicted molar refractivity (Wildman–Crippen MR) is 141 cm³/mol. The molecule has 0 bridgehead atoms. The van der Waals surface area contributed by atoms with Gasteiger partial charge in [0.25, 0.3) is 0 Å². The van der Waals surface area contributed by atoms with Crippen LogP contribution in [0.2, 0.25) is 0 Å². The first-order valence-corrected chi connectivity index (χ1v) is 15.1. The van der Waals surface area contributed by atoms with Gasteiger partial charge in [0.2, 0.25) is 0 Å². The van der Waals surface area contributed by atoms with Crippen LogP contribution < -0.4 is 9.47 Å². The standard InChI is InChI=1S/C24H27O7PS3/c1-3-28-32(26,29-4-2)30-15-6-5-14-27-21-9-7-8-19(16-21)24(25)31-20-12-10-18(11-13-20)22-17-23(33)35-34-22/h7-13,16-17H,3-6,14-15H2,1-2H3. The van der Waals surface area contributed by atoms with Crippen LogP contribution in [0.15, 0.2) is 54.6 Å². The molecule has 0 amide bonds. The molecule has 0 saturated carbocycles. The Morgan fingerprint density at radius 3 is 2.26 bits per heavy atom. The van der Waals surface area contributed by atoms with Gasteiger partial charge in [-0.15, -0.1) is 0 Å². The minimum atomic E-state index is -3.49. The van der Waals surface area contributed by atoms with E-state index in [0.29, 0.717) is 36.5 Å². The summed E-state index contributed by atoms with van der Waals surface area (Å²) in [5, 5.41) is 0. The lowest BCUT2D eigenvalue weighted by Crippen LogP contribution is -2.09. The van der Waals surface area contributed by atoms with Crippen LogP contribution in [0.1, 0.15) is 37.0 Å². The molecule has 0 aliphatic rings. The highest BCUT2D eigenvalue weighted by atomic mass is 32.9. The number of carbonyl (C=O) groups is 1. The predicted octanol–water partition coefficient (Wildman–Crippen LogP) is 7.78. The van der Waals surface area contributed by atoms with Gasteiger partial charge in [0.1, 0.15) is 15.3 Å². The Bertz CT molecular complexity index is 1180. The third kappa shape index (κ3) is 8.91. The number of rotatable bonds is 14. The lowest BCUT2D eigenvalue weighted by Gasteiger charge is -2.16. The minimum Gasteiger partial charge on any atom is -0.494 e. The Labute approximate surface area is 217 Å². The molecule has 0 radical (unpaired) electrons. The molecule has 2 aromatic carbocycles. The lowest BCUT2D eigenvalue weighted by atomic mass is 10.2. The Kier molecular flexibility index (Phi) is 11.1. The van der Waals surface area contributed by atoms with E-state index in [-0.39, 0.29) is 19.8 Å². The number of benzene rings is 2. The smallest absolute Gasteiger partial charge is 0.474 e. The summed E-state index contributed by atoms with van der Waals surface area (Å²) in [5.41, 5.74) is 1.42. The number of phosphoric ester groups is 1. The van der Waals surface area contributed by atoms with E-state index in [9.17, 15) is 9.36 Å². The largest absolute Gasteiger partial charge is 0.494 e. The van der Waals surface area contributed by atoms with Crippen molar-refractivity contribution in [2.75, 3.05) is 26.4 Å². The molecule has 3 rings (SSSR count). The molecule has 0 N–H and O–H groups in total. The number of carbonyl (C=O) groups excluding carboxylic acids is 1. The number of unbranched alkanes of at least 4 members (excludes halogenated alkanes) is 1. The van der Waals surface area contributed by atoms with Gasteiger partial charge < -0.3 is 9.47 Å². The van der Waals surface area contributed by atoms with Crippen molar-refractivity contribution < 1.29 is 32.4 Å². The molecular weight excluding hydrogens is 527 g/mol. The molecule has 0 saturated heterocycles. The van der Waals surface area contributed by atoms with Crippen molar-refractivity contribution >= 4 is 46.7 Å². The number of hydrogen-bond acceptors (Lipinski definition) is 10. The van der Waals surface area contributed by atoms with Crippen LogP contribution in [0, 0.1) is 3.82 Å². The molecule has 35 heavy (non-hydrogen) atoms. The van der Waals surface area contributed by atoms with Crippen LogP contribution >= 0.6 is 40.7 Å². The minimum absolute atomic E-state index is 0.229. The van der Waals surface area contributed by atoms with E-state index < -0.39 is 13.8 Å². The van der Waals surface area contributed by atoms with Crippen LogP contribution in [0.25, 0.3) is 10.4 Å². The molecule has 188 valence electrons. The maximum Gasteiger partial charge on any atom is 0.474 e. The molecule has 7 nitrogen and oxygen atoms in total. The van der Waals surface area contributed by atoms with E-state index in [1.807, 2.05) is 18.2 Å². The zero-order valence-corrected chi connectivity index (χ0v) is 22.8. The van der Waals surface area contributed by atoms with Gasteiger partial charge in [0, 0.05) is 4.88 Å². The van der Waals surface area contributed by atoms with Crippen molar-refractivity contribution in [1.29, 1.82) is 0 Å². The average Bonchev–Trinajstić information content (AvgIpc) is 3.28. The van der Waals surface area contributed by atoms with Crippen LogP contribution in [0.5, 0.6) is 11.5 Å². The van der Waals surface area contributed by atoms with Crippen molar-refractivity contribution in [3.05, 3.63) is 64.0 Å². The van der Waals surface area contributed by atoms with Crippen LogP contribution in [-0.2, 0) is 18.1 Å². The van der Waals surface area contributed by atoms with E-state index in [1.165, 1.54) is 0 Å². The number of esters is 1. The summed E-state index contributed by atoms with van der Waals surface area (Å²) >= 11 is 5.18. The Balaban J connectivity index is 1.45. The molecule has 1 aromatic heterocycles.